The maximum Gasteiger partial charge on any atom is 0.234 e. The Kier molecular flexibility index (Phi) is 5.50. The predicted octanol–water partition coefficient (Wildman–Crippen LogP) is 1.26. The molecule has 0 radical (unpaired) electrons. The molecule has 0 aliphatic rings. The Labute approximate surface area is 96.5 Å². The van der Waals surface area contributed by atoms with Crippen molar-refractivity contribution in [2.24, 2.45) is 0 Å². The Morgan fingerprint density at radius 2 is 2.12 bits per heavy atom. The number of pyridine rings is 1. The molecule has 0 spiro atoms. The molecule has 0 bridgehead atoms. The second-order valence-electron chi connectivity index (χ2n) is 3.75. The molecule has 0 aliphatic heterocycles. The first-order chi connectivity index (χ1) is 7.74. The van der Waals surface area contributed by atoms with E-state index in [2.05, 4.69) is 22.5 Å². The third-order valence-corrected chi connectivity index (χ3v) is 2.30. The molecule has 1 amide bonds. The molecule has 0 saturated heterocycles. The third-order valence-electron chi connectivity index (χ3n) is 2.30. The van der Waals surface area contributed by atoms with Gasteiger partial charge in [0.15, 0.2) is 0 Å². The standard InChI is InChI=1S/C12H19N3O/c1-3-6-14-9-12(16)15-10(2)11-4-7-13-8-5-11/h4-5,7-8,10,14H,3,6,9H2,1-2H3,(H,15,16)/t10-/m0/s1. The highest BCUT2D eigenvalue weighted by atomic mass is 16.1. The normalized spacial score (nSPS) is 12.1. The number of hydrogen-bond donors (Lipinski definition) is 2. The zero-order valence-corrected chi connectivity index (χ0v) is 9.86. The van der Waals surface area contributed by atoms with Gasteiger partial charge in [0.25, 0.3) is 0 Å². The lowest BCUT2D eigenvalue weighted by molar-refractivity contribution is -0.120. The maximum atomic E-state index is 11.5. The maximum absolute atomic E-state index is 11.5. The fourth-order valence-electron chi connectivity index (χ4n) is 1.41. The zero-order valence-electron chi connectivity index (χ0n) is 9.86. The van der Waals surface area contributed by atoms with Crippen molar-refractivity contribution >= 4 is 5.91 Å². The molecule has 2 N–H and O–H groups in total. The number of rotatable bonds is 6. The minimum Gasteiger partial charge on any atom is -0.348 e. The van der Waals surface area contributed by atoms with Crippen molar-refractivity contribution in [3.8, 4) is 0 Å². The van der Waals surface area contributed by atoms with Crippen LogP contribution < -0.4 is 10.6 Å². The van der Waals surface area contributed by atoms with Crippen LogP contribution in [0.1, 0.15) is 31.9 Å². The van der Waals surface area contributed by atoms with E-state index in [9.17, 15) is 4.79 Å². The topological polar surface area (TPSA) is 54.0 Å². The van der Waals surface area contributed by atoms with Crippen molar-refractivity contribution in [3.05, 3.63) is 30.1 Å². The molecule has 4 heteroatoms. The first-order valence-electron chi connectivity index (χ1n) is 5.64. The molecule has 0 aliphatic carbocycles. The molecule has 0 unspecified atom stereocenters. The van der Waals surface area contributed by atoms with E-state index >= 15 is 0 Å². The van der Waals surface area contributed by atoms with Crippen LogP contribution in [0.2, 0.25) is 0 Å². The summed E-state index contributed by atoms with van der Waals surface area (Å²) in [4.78, 5) is 15.5. The molecule has 1 aromatic heterocycles. The quantitative estimate of drug-likeness (QED) is 0.711. The summed E-state index contributed by atoms with van der Waals surface area (Å²) in [6, 6.07) is 3.84. The lowest BCUT2D eigenvalue weighted by atomic mass is 10.1. The number of nitrogens with zero attached hydrogens (tertiary/aromatic N) is 1. The molecular formula is C12H19N3O. The zero-order chi connectivity index (χ0) is 11.8. The second-order valence-corrected chi connectivity index (χ2v) is 3.75. The molecule has 0 fully saturated rings. The summed E-state index contributed by atoms with van der Waals surface area (Å²) < 4.78 is 0. The van der Waals surface area contributed by atoms with E-state index in [0.717, 1.165) is 18.5 Å². The Balaban J connectivity index is 2.34. The van der Waals surface area contributed by atoms with Gasteiger partial charge < -0.3 is 10.6 Å². The van der Waals surface area contributed by atoms with Crippen molar-refractivity contribution in [2.45, 2.75) is 26.3 Å². The molecule has 0 aromatic carbocycles. The number of hydrogen-bond acceptors (Lipinski definition) is 3. The summed E-state index contributed by atoms with van der Waals surface area (Å²) in [6.07, 6.45) is 4.49. The summed E-state index contributed by atoms with van der Waals surface area (Å²) in [5, 5.41) is 5.99. The number of amides is 1. The average Bonchev–Trinajstić information content (AvgIpc) is 2.30. The van der Waals surface area contributed by atoms with E-state index < -0.39 is 0 Å². The average molecular weight is 221 g/mol. The molecule has 1 atom stereocenters. The van der Waals surface area contributed by atoms with Crippen molar-refractivity contribution < 1.29 is 4.79 Å². The fraction of sp³-hybridized carbons (Fsp3) is 0.500. The van der Waals surface area contributed by atoms with Crippen LogP contribution in [0.15, 0.2) is 24.5 Å². The van der Waals surface area contributed by atoms with Gasteiger partial charge in [-0.25, -0.2) is 0 Å². The monoisotopic (exact) mass is 221 g/mol. The van der Waals surface area contributed by atoms with Crippen molar-refractivity contribution in [3.63, 3.8) is 0 Å². The predicted molar refractivity (Wildman–Crippen MR) is 64.0 cm³/mol. The first kappa shape index (κ1) is 12.6. The minimum atomic E-state index is 0.0257. The smallest absolute Gasteiger partial charge is 0.234 e. The van der Waals surface area contributed by atoms with Crippen LogP contribution in [-0.2, 0) is 4.79 Å². The minimum absolute atomic E-state index is 0.0257. The van der Waals surface area contributed by atoms with Crippen LogP contribution in [0.25, 0.3) is 0 Å². The fourth-order valence-corrected chi connectivity index (χ4v) is 1.41. The van der Waals surface area contributed by atoms with E-state index in [-0.39, 0.29) is 11.9 Å². The van der Waals surface area contributed by atoms with E-state index in [1.165, 1.54) is 0 Å². The van der Waals surface area contributed by atoms with Crippen LogP contribution in [0.5, 0.6) is 0 Å². The van der Waals surface area contributed by atoms with Crippen molar-refractivity contribution in [1.29, 1.82) is 0 Å². The summed E-state index contributed by atoms with van der Waals surface area (Å²) >= 11 is 0. The van der Waals surface area contributed by atoms with Crippen LogP contribution in [-0.4, -0.2) is 24.0 Å². The summed E-state index contributed by atoms with van der Waals surface area (Å²) in [6.45, 7) is 5.29. The van der Waals surface area contributed by atoms with Gasteiger partial charge in [-0.05, 0) is 37.6 Å². The molecule has 88 valence electrons. The van der Waals surface area contributed by atoms with Gasteiger partial charge in [-0.1, -0.05) is 6.92 Å². The molecule has 1 aromatic rings. The Hall–Kier alpha value is -1.42. The van der Waals surface area contributed by atoms with Gasteiger partial charge in [-0.2, -0.15) is 0 Å². The molecule has 0 saturated carbocycles. The number of aromatic nitrogens is 1. The summed E-state index contributed by atoms with van der Waals surface area (Å²) in [5.74, 6) is 0.0257. The third kappa shape index (κ3) is 4.40. The van der Waals surface area contributed by atoms with E-state index in [1.807, 2.05) is 19.1 Å². The lowest BCUT2D eigenvalue weighted by Gasteiger charge is -2.14. The highest BCUT2D eigenvalue weighted by Crippen LogP contribution is 2.09. The van der Waals surface area contributed by atoms with Crippen LogP contribution in [0, 0.1) is 0 Å². The second kappa shape index (κ2) is 6.95. The molecular weight excluding hydrogens is 202 g/mol. The Morgan fingerprint density at radius 3 is 2.75 bits per heavy atom. The van der Waals surface area contributed by atoms with E-state index in [4.69, 9.17) is 0 Å². The molecule has 1 rings (SSSR count). The Bertz CT molecular complexity index is 313. The van der Waals surface area contributed by atoms with Gasteiger partial charge in [-0.3, -0.25) is 9.78 Å². The number of carbonyl (C=O) groups excluding carboxylic acids is 1. The Morgan fingerprint density at radius 1 is 1.44 bits per heavy atom. The van der Waals surface area contributed by atoms with Gasteiger partial charge >= 0.3 is 0 Å². The van der Waals surface area contributed by atoms with E-state index in [1.54, 1.807) is 12.4 Å². The highest BCUT2D eigenvalue weighted by Gasteiger charge is 2.08. The van der Waals surface area contributed by atoms with E-state index in [0.29, 0.717) is 6.54 Å². The van der Waals surface area contributed by atoms with Crippen molar-refractivity contribution in [2.75, 3.05) is 13.1 Å². The lowest BCUT2D eigenvalue weighted by Crippen LogP contribution is -2.35. The van der Waals surface area contributed by atoms with Crippen LogP contribution in [0.3, 0.4) is 0 Å². The van der Waals surface area contributed by atoms with Gasteiger partial charge in [-0.15, -0.1) is 0 Å². The molecule has 4 nitrogen and oxygen atoms in total. The molecule has 1 heterocycles. The summed E-state index contributed by atoms with van der Waals surface area (Å²) in [7, 11) is 0. The van der Waals surface area contributed by atoms with Gasteiger partial charge in [0.1, 0.15) is 0 Å². The van der Waals surface area contributed by atoms with Gasteiger partial charge in [0, 0.05) is 12.4 Å². The number of carbonyl (C=O) groups is 1. The van der Waals surface area contributed by atoms with Gasteiger partial charge in [0.05, 0.1) is 12.6 Å². The van der Waals surface area contributed by atoms with Crippen LogP contribution in [0.4, 0.5) is 0 Å². The van der Waals surface area contributed by atoms with Gasteiger partial charge in [0.2, 0.25) is 5.91 Å². The van der Waals surface area contributed by atoms with Crippen molar-refractivity contribution in [1.82, 2.24) is 15.6 Å². The molecule has 16 heavy (non-hydrogen) atoms. The largest absolute Gasteiger partial charge is 0.348 e. The highest BCUT2D eigenvalue weighted by molar-refractivity contribution is 5.78. The first-order valence-corrected chi connectivity index (χ1v) is 5.64. The number of nitrogens with one attached hydrogen (secondary N) is 2. The summed E-state index contributed by atoms with van der Waals surface area (Å²) in [5.41, 5.74) is 1.07. The SMILES string of the molecule is CCCNCC(=O)N[C@@H](C)c1ccncc1. The van der Waals surface area contributed by atoms with Crippen LogP contribution >= 0.6 is 0 Å².